The van der Waals surface area contributed by atoms with Gasteiger partial charge in [0.25, 0.3) is 0 Å². The molecule has 0 fully saturated rings. The van der Waals surface area contributed by atoms with Gasteiger partial charge in [-0.25, -0.2) is 4.79 Å². The maximum absolute atomic E-state index is 12.7. The molecule has 0 aromatic carbocycles. The molecule has 1 rings (SSSR count). The Morgan fingerprint density at radius 1 is 0.796 bits per heavy atom. The molecule has 0 aliphatic carbocycles. The summed E-state index contributed by atoms with van der Waals surface area (Å²) < 4.78 is 5.13. The second-order valence-corrected chi connectivity index (χ2v) is 11.3. The number of aliphatic hydroxyl groups is 2. The van der Waals surface area contributed by atoms with E-state index in [9.17, 15) is 24.6 Å². The fraction of sp³-hybridized carbons (Fsp3) is 0.450. The van der Waals surface area contributed by atoms with E-state index >= 15 is 0 Å². The zero-order valence-corrected chi connectivity index (χ0v) is 29.3. The van der Waals surface area contributed by atoms with E-state index in [0.29, 0.717) is 25.8 Å². The third-order valence-corrected chi connectivity index (χ3v) is 6.98. The second kappa shape index (κ2) is 29.8. The molecule has 1 heterocycles. The summed E-state index contributed by atoms with van der Waals surface area (Å²) in [6, 6.07) is 2.77. The Hall–Kier alpha value is -4.34. The van der Waals surface area contributed by atoms with Gasteiger partial charge in [-0.3, -0.25) is 14.6 Å². The Bertz CT molecular complexity index is 1260. The van der Waals surface area contributed by atoms with E-state index in [1.165, 1.54) is 0 Å². The number of hydrogen-bond acceptors (Lipinski definition) is 7. The van der Waals surface area contributed by atoms with Crippen LogP contribution in [-0.2, 0) is 19.1 Å². The molecular weight excluding hydrogens is 618 g/mol. The van der Waals surface area contributed by atoms with Gasteiger partial charge < -0.3 is 25.6 Å². The van der Waals surface area contributed by atoms with Gasteiger partial charge in [0.15, 0.2) is 0 Å². The van der Waals surface area contributed by atoms with Gasteiger partial charge in [-0.1, -0.05) is 98.1 Å². The van der Waals surface area contributed by atoms with Crippen molar-refractivity contribution in [2.75, 3.05) is 19.8 Å². The number of carbonyl (C=O) groups excluding carboxylic acids is 3. The highest BCUT2D eigenvalue weighted by Gasteiger charge is 2.24. The number of amides is 2. The van der Waals surface area contributed by atoms with Crippen LogP contribution in [0.15, 0.2) is 97.3 Å². The first kappa shape index (κ1) is 42.7. The molecule has 0 aliphatic heterocycles. The van der Waals surface area contributed by atoms with Crippen LogP contribution >= 0.6 is 0 Å². The summed E-state index contributed by atoms with van der Waals surface area (Å²) in [6.07, 6.45) is 37.1. The molecule has 0 saturated heterocycles. The first-order chi connectivity index (χ1) is 23.9. The Morgan fingerprint density at radius 3 is 1.90 bits per heavy atom. The van der Waals surface area contributed by atoms with Crippen molar-refractivity contribution in [1.29, 1.82) is 0 Å². The molecule has 0 bridgehead atoms. The number of ether oxygens (including phenoxy) is 1. The quantitative estimate of drug-likeness (QED) is 0.0497. The summed E-state index contributed by atoms with van der Waals surface area (Å²) in [6.45, 7) is 3.27. The zero-order valence-electron chi connectivity index (χ0n) is 29.3. The molecule has 4 N–H and O–H groups in total. The largest absolute Gasteiger partial charge is 0.456 e. The van der Waals surface area contributed by atoms with Gasteiger partial charge in [0.2, 0.25) is 11.8 Å². The third kappa shape index (κ3) is 24.5. The molecule has 0 aliphatic rings. The van der Waals surface area contributed by atoms with Crippen molar-refractivity contribution in [3.63, 3.8) is 0 Å². The molecule has 9 heteroatoms. The van der Waals surface area contributed by atoms with Crippen LogP contribution in [0.4, 0.5) is 0 Å². The van der Waals surface area contributed by atoms with E-state index in [0.717, 1.165) is 49.8 Å². The number of aromatic nitrogens is 1. The Balaban J connectivity index is 2.29. The molecule has 1 unspecified atom stereocenters. The minimum absolute atomic E-state index is 0.0341. The lowest BCUT2D eigenvalue weighted by Crippen LogP contribution is -2.44. The van der Waals surface area contributed by atoms with E-state index in [-0.39, 0.29) is 24.7 Å². The summed E-state index contributed by atoms with van der Waals surface area (Å²) >= 11 is 0. The molecule has 1 aromatic rings. The molecule has 2 amide bonds. The van der Waals surface area contributed by atoms with Crippen LogP contribution in [0, 0.1) is 6.92 Å². The number of hydrogen-bond donors (Lipinski definition) is 4. The van der Waals surface area contributed by atoms with Gasteiger partial charge in [-0.15, -0.1) is 0 Å². The predicted octanol–water partition coefficient (Wildman–Crippen LogP) is 6.55. The van der Waals surface area contributed by atoms with Crippen molar-refractivity contribution < 1.29 is 29.3 Å². The Labute approximate surface area is 293 Å². The summed E-state index contributed by atoms with van der Waals surface area (Å²) in [5, 5.41) is 24.1. The minimum Gasteiger partial charge on any atom is -0.456 e. The number of pyridine rings is 1. The van der Waals surface area contributed by atoms with E-state index < -0.39 is 31.3 Å². The van der Waals surface area contributed by atoms with Crippen LogP contribution in [-0.4, -0.2) is 64.9 Å². The highest BCUT2D eigenvalue weighted by molar-refractivity contribution is 5.85. The van der Waals surface area contributed by atoms with Crippen molar-refractivity contribution in [2.24, 2.45) is 0 Å². The van der Waals surface area contributed by atoms with Crippen LogP contribution in [0.5, 0.6) is 0 Å². The number of carbonyl (C=O) groups is 3. The summed E-state index contributed by atoms with van der Waals surface area (Å²) in [5.74, 6) is -1.24. The van der Waals surface area contributed by atoms with Crippen LogP contribution < -0.4 is 10.6 Å². The number of aliphatic hydroxyl groups excluding tert-OH is 2. The van der Waals surface area contributed by atoms with E-state index in [1.807, 2.05) is 31.2 Å². The van der Waals surface area contributed by atoms with Gasteiger partial charge in [-0.2, -0.15) is 0 Å². The van der Waals surface area contributed by atoms with Crippen LogP contribution in [0.3, 0.4) is 0 Å². The summed E-state index contributed by atoms with van der Waals surface area (Å²) in [5.41, 5.74) is 1.74. The monoisotopic (exact) mass is 675 g/mol. The first-order valence-electron chi connectivity index (χ1n) is 17.4. The van der Waals surface area contributed by atoms with E-state index in [1.54, 1.807) is 18.3 Å². The van der Waals surface area contributed by atoms with E-state index in [4.69, 9.17) is 4.74 Å². The Kier molecular flexibility index (Phi) is 25.9. The van der Waals surface area contributed by atoms with Crippen molar-refractivity contribution in [2.45, 2.75) is 96.6 Å². The third-order valence-electron chi connectivity index (χ3n) is 6.98. The highest BCUT2D eigenvalue weighted by Crippen LogP contribution is 2.06. The highest BCUT2D eigenvalue weighted by atomic mass is 16.6. The minimum atomic E-state index is -1.07. The number of aryl methyl sites for hydroxylation is 1. The van der Waals surface area contributed by atoms with Gasteiger partial charge >= 0.3 is 5.97 Å². The first-order valence-corrected chi connectivity index (χ1v) is 17.4. The maximum atomic E-state index is 12.7. The van der Waals surface area contributed by atoms with Gasteiger partial charge in [0, 0.05) is 31.3 Å². The molecular formula is C40H57N3O6. The number of esters is 1. The number of nitrogens with one attached hydrogen (secondary N) is 2. The standard InChI is InChI=1S/C40H57N3O6/c1-3-4-5-6-7-8-9-10-11-12-13-14-15-16-17-18-19-20-21-26-38(46)41-30-23-25-37(40(48)49-36(32-44)33-45)43-39(47)27-22-24-35-29-28-34(2)42-31-35/h4-5,7-8,10-11,13-14,16-17,19-20,22,24,28-29,31,36-37,44-45H,3,6,9,12,15,18,21,23,25-27,30,32-33H2,1-2H3,(H,41,46)(H,43,47)/b5-4-,8-7-,11-10-,14-13-,17-16-,20-19-,24-22+. The van der Waals surface area contributed by atoms with E-state index in [2.05, 4.69) is 83.3 Å². The van der Waals surface area contributed by atoms with Crippen molar-refractivity contribution in [1.82, 2.24) is 15.6 Å². The number of allylic oxidation sites excluding steroid dienone is 12. The molecule has 0 saturated carbocycles. The topological polar surface area (TPSA) is 138 Å². The second-order valence-electron chi connectivity index (χ2n) is 11.3. The van der Waals surface area contributed by atoms with Crippen molar-refractivity contribution >= 4 is 23.9 Å². The number of nitrogens with zero attached hydrogens (tertiary/aromatic N) is 1. The average Bonchev–Trinajstić information content (AvgIpc) is 3.10. The lowest BCUT2D eigenvalue weighted by atomic mass is 10.1. The SMILES string of the molecule is CC/C=C\C/C=C\C/C=C\C/C=C\C/C=C\C/C=C\CCC(=O)NCCCC(NC(=O)C/C=C/c1ccc(C)nc1)C(=O)OC(CO)CO. The normalized spacial score (nSPS) is 13.0. The molecule has 0 radical (unpaired) electrons. The van der Waals surface area contributed by atoms with Gasteiger partial charge in [0.1, 0.15) is 12.1 Å². The van der Waals surface area contributed by atoms with Crippen molar-refractivity contribution in [3.05, 3.63) is 109 Å². The smallest absolute Gasteiger partial charge is 0.329 e. The summed E-state index contributed by atoms with van der Waals surface area (Å²) in [7, 11) is 0. The van der Waals surface area contributed by atoms with Crippen LogP contribution in [0.1, 0.15) is 88.8 Å². The van der Waals surface area contributed by atoms with Crippen LogP contribution in [0.2, 0.25) is 0 Å². The average molecular weight is 676 g/mol. The number of rotatable bonds is 26. The fourth-order valence-corrected chi connectivity index (χ4v) is 4.24. The fourth-order valence-electron chi connectivity index (χ4n) is 4.24. The Morgan fingerprint density at radius 2 is 1.37 bits per heavy atom. The van der Waals surface area contributed by atoms with Crippen LogP contribution in [0.25, 0.3) is 6.08 Å². The lowest BCUT2D eigenvalue weighted by Gasteiger charge is -2.20. The molecule has 9 nitrogen and oxygen atoms in total. The van der Waals surface area contributed by atoms with Gasteiger partial charge in [0.05, 0.1) is 13.2 Å². The summed E-state index contributed by atoms with van der Waals surface area (Å²) in [4.78, 5) is 41.7. The molecule has 49 heavy (non-hydrogen) atoms. The van der Waals surface area contributed by atoms with Crippen molar-refractivity contribution in [3.8, 4) is 0 Å². The molecule has 268 valence electrons. The maximum Gasteiger partial charge on any atom is 0.329 e. The lowest BCUT2D eigenvalue weighted by molar-refractivity contribution is -0.157. The zero-order chi connectivity index (χ0) is 35.8. The van der Waals surface area contributed by atoms with Gasteiger partial charge in [-0.05, 0) is 76.3 Å². The predicted molar refractivity (Wildman–Crippen MR) is 198 cm³/mol. The molecule has 1 aromatic heterocycles. The molecule has 0 spiro atoms. The molecule has 1 atom stereocenters.